The molecule has 2 fully saturated rings. The molecule has 12 heteroatoms. The van der Waals surface area contributed by atoms with Gasteiger partial charge >= 0.3 is 5.97 Å². The number of aliphatic hydroxyl groups is 6. The number of carboxylic acid groups (broad SMARTS) is 1. The molecule has 0 aliphatic carbocycles. The van der Waals surface area contributed by atoms with Gasteiger partial charge in [0.05, 0.1) is 12.6 Å². The summed E-state index contributed by atoms with van der Waals surface area (Å²) in [4.78, 5) is 11.2. The number of aliphatic hydroxyl groups excluding tert-OH is 6. The summed E-state index contributed by atoms with van der Waals surface area (Å²) in [5.74, 6) is -1.57. The van der Waals surface area contributed by atoms with Crippen LogP contribution in [0.5, 0.6) is 0 Å². The Morgan fingerprint density at radius 1 is 1.00 bits per heavy atom. The predicted molar refractivity (Wildman–Crippen MR) is 71.1 cm³/mol. The molecule has 9 N–H and O–H groups in total. The summed E-state index contributed by atoms with van der Waals surface area (Å²) in [7, 11) is 0. The Balaban J connectivity index is 2.18. The average Bonchev–Trinajstić information content (AvgIpc) is 2.54. The molecule has 0 spiro atoms. The second-order valence-corrected chi connectivity index (χ2v) is 5.65. The van der Waals surface area contributed by atoms with Crippen LogP contribution < -0.4 is 5.73 Å². The van der Waals surface area contributed by atoms with Gasteiger partial charge in [-0.25, -0.2) is 4.79 Å². The third-order valence-electron chi connectivity index (χ3n) is 4.03. The SMILES string of the molecule is N[C@@H]1C(O)O[C@H](C(=O)O)[C@@H](O[C@H]2O[C@H](CO)[C@@H](O)[C@H](O)[C@H]2O)[C@@H]1O. The van der Waals surface area contributed by atoms with Crippen molar-refractivity contribution in [3.05, 3.63) is 0 Å². The number of rotatable bonds is 4. The van der Waals surface area contributed by atoms with Crippen molar-refractivity contribution < 1.29 is 54.8 Å². The number of nitrogens with two attached hydrogens (primary N) is 1. The number of carbonyl (C=O) groups is 1. The highest BCUT2D eigenvalue weighted by molar-refractivity contribution is 5.73. The Morgan fingerprint density at radius 2 is 1.62 bits per heavy atom. The molecule has 0 amide bonds. The van der Waals surface area contributed by atoms with Crippen LogP contribution in [0.15, 0.2) is 0 Å². The van der Waals surface area contributed by atoms with Crippen molar-refractivity contribution in [2.75, 3.05) is 6.61 Å². The van der Waals surface area contributed by atoms with Crippen molar-refractivity contribution in [2.24, 2.45) is 5.73 Å². The fraction of sp³-hybridized carbons (Fsp3) is 0.917. The van der Waals surface area contributed by atoms with Crippen molar-refractivity contribution in [1.29, 1.82) is 0 Å². The molecule has 2 rings (SSSR count). The molecule has 2 saturated heterocycles. The molecule has 10 atom stereocenters. The maximum atomic E-state index is 11.2. The summed E-state index contributed by atoms with van der Waals surface area (Å²) in [6.45, 7) is -0.713. The van der Waals surface area contributed by atoms with Crippen LogP contribution in [0.25, 0.3) is 0 Å². The van der Waals surface area contributed by atoms with Crippen LogP contribution in [0.3, 0.4) is 0 Å². The fourth-order valence-electron chi connectivity index (χ4n) is 2.57. The summed E-state index contributed by atoms with van der Waals surface area (Å²) in [6.07, 6.45) is -15.1. The van der Waals surface area contributed by atoms with Gasteiger partial charge in [-0.05, 0) is 0 Å². The van der Waals surface area contributed by atoms with Crippen molar-refractivity contribution in [1.82, 2.24) is 0 Å². The van der Waals surface area contributed by atoms with Crippen molar-refractivity contribution in [3.63, 3.8) is 0 Å². The highest BCUT2D eigenvalue weighted by atomic mass is 16.7. The minimum Gasteiger partial charge on any atom is -0.479 e. The van der Waals surface area contributed by atoms with E-state index in [0.29, 0.717) is 0 Å². The Kier molecular flexibility index (Phi) is 6.09. The van der Waals surface area contributed by atoms with Gasteiger partial charge in [-0.3, -0.25) is 0 Å². The summed E-state index contributed by atoms with van der Waals surface area (Å²) in [6, 6.07) is -1.39. The van der Waals surface area contributed by atoms with E-state index in [1.54, 1.807) is 0 Å². The third kappa shape index (κ3) is 3.52. The molecule has 2 aliphatic rings. The molecule has 1 unspecified atom stereocenters. The molecule has 0 aromatic rings. The topological polar surface area (TPSA) is 212 Å². The molecule has 2 aliphatic heterocycles. The first-order chi connectivity index (χ1) is 11.2. The highest BCUT2D eigenvalue weighted by Crippen LogP contribution is 2.28. The highest BCUT2D eigenvalue weighted by Gasteiger charge is 2.51. The zero-order valence-electron chi connectivity index (χ0n) is 12.3. The molecular weight excluding hydrogens is 334 g/mol. The summed E-state index contributed by atoms with van der Waals surface area (Å²) < 4.78 is 15.0. The molecule has 140 valence electrons. The van der Waals surface area contributed by atoms with Crippen LogP contribution in [-0.4, -0.2) is 110 Å². The van der Waals surface area contributed by atoms with Gasteiger partial charge in [0.25, 0.3) is 0 Å². The van der Waals surface area contributed by atoms with E-state index in [9.17, 15) is 30.3 Å². The quantitative estimate of drug-likeness (QED) is 0.237. The monoisotopic (exact) mass is 355 g/mol. The first kappa shape index (κ1) is 19.4. The third-order valence-corrected chi connectivity index (χ3v) is 4.03. The van der Waals surface area contributed by atoms with Crippen LogP contribution in [0.1, 0.15) is 0 Å². The minimum atomic E-state index is -1.83. The number of hydrogen-bond acceptors (Lipinski definition) is 11. The molecule has 24 heavy (non-hydrogen) atoms. The lowest BCUT2D eigenvalue weighted by molar-refractivity contribution is -0.340. The Morgan fingerprint density at radius 3 is 2.17 bits per heavy atom. The van der Waals surface area contributed by atoms with E-state index in [1.807, 2.05) is 0 Å². The maximum Gasteiger partial charge on any atom is 0.335 e. The molecule has 2 heterocycles. The minimum absolute atomic E-state index is 0.713. The summed E-state index contributed by atoms with van der Waals surface area (Å²) in [5, 5.41) is 67.0. The molecule has 0 aromatic carbocycles. The predicted octanol–water partition coefficient (Wildman–Crippen LogP) is -5.34. The molecule has 12 nitrogen and oxygen atoms in total. The lowest BCUT2D eigenvalue weighted by Crippen LogP contribution is -2.66. The Bertz CT molecular complexity index is 449. The Labute approximate surface area is 135 Å². The zero-order chi connectivity index (χ0) is 18.2. The van der Waals surface area contributed by atoms with Gasteiger partial charge in [0.1, 0.15) is 36.6 Å². The van der Waals surface area contributed by atoms with Gasteiger partial charge in [-0.1, -0.05) is 0 Å². The first-order valence-corrected chi connectivity index (χ1v) is 7.15. The van der Waals surface area contributed by atoms with Crippen molar-refractivity contribution in [3.8, 4) is 0 Å². The van der Waals surface area contributed by atoms with Crippen LogP contribution in [0, 0.1) is 0 Å². The molecule has 0 bridgehead atoms. The largest absolute Gasteiger partial charge is 0.479 e. The number of hydrogen-bond donors (Lipinski definition) is 8. The average molecular weight is 355 g/mol. The molecule has 0 saturated carbocycles. The number of ether oxygens (including phenoxy) is 3. The summed E-state index contributed by atoms with van der Waals surface area (Å²) in [5.41, 5.74) is 5.49. The van der Waals surface area contributed by atoms with Crippen LogP contribution >= 0.6 is 0 Å². The Hall–Kier alpha value is -0.930. The van der Waals surface area contributed by atoms with Crippen LogP contribution in [-0.2, 0) is 19.0 Å². The second kappa shape index (κ2) is 7.53. The van der Waals surface area contributed by atoms with Gasteiger partial charge in [-0.15, -0.1) is 0 Å². The van der Waals surface area contributed by atoms with E-state index in [1.165, 1.54) is 0 Å². The molecular formula is C12H21NO11. The van der Waals surface area contributed by atoms with E-state index >= 15 is 0 Å². The zero-order valence-corrected chi connectivity index (χ0v) is 12.3. The van der Waals surface area contributed by atoms with E-state index in [0.717, 1.165) is 0 Å². The summed E-state index contributed by atoms with van der Waals surface area (Å²) >= 11 is 0. The van der Waals surface area contributed by atoms with E-state index in [-0.39, 0.29) is 0 Å². The van der Waals surface area contributed by atoms with E-state index < -0.39 is 73.9 Å². The lowest BCUT2D eigenvalue weighted by atomic mass is 9.96. The van der Waals surface area contributed by atoms with Crippen LogP contribution in [0.2, 0.25) is 0 Å². The maximum absolute atomic E-state index is 11.2. The normalized spacial score (nSPS) is 49.8. The standard InChI is InChI=1S/C12H21NO11/c13-3-5(16)8(9(10(19)20)23-11(3)21)24-12-7(18)6(17)4(15)2(1-14)22-12/h2-9,11-12,14-18,21H,1,13H2,(H,19,20)/t2-,3+,4-,5-,6+,7-,8+,9+,11?,12-/m1/s1. The van der Waals surface area contributed by atoms with Gasteiger partial charge in [-0.2, -0.15) is 0 Å². The fourth-order valence-corrected chi connectivity index (χ4v) is 2.57. The number of aliphatic carboxylic acids is 1. The lowest BCUT2D eigenvalue weighted by Gasteiger charge is -2.44. The molecule has 0 aromatic heterocycles. The van der Waals surface area contributed by atoms with Gasteiger partial charge < -0.3 is 55.7 Å². The second-order valence-electron chi connectivity index (χ2n) is 5.65. The van der Waals surface area contributed by atoms with Crippen molar-refractivity contribution in [2.45, 2.75) is 61.3 Å². The van der Waals surface area contributed by atoms with E-state index in [2.05, 4.69) is 0 Å². The van der Waals surface area contributed by atoms with E-state index in [4.69, 9.17) is 30.2 Å². The van der Waals surface area contributed by atoms with Gasteiger partial charge in [0.2, 0.25) is 0 Å². The smallest absolute Gasteiger partial charge is 0.335 e. The van der Waals surface area contributed by atoms with Gasteiger partial charge in [0.15, 0.2) is 18.7 Å². The van der Waals surface area contributed by atoms with Gasteiger partial charge in [0, 0.05) is 0 Å². The van der Waals surface area contributed by atoms with Crippen LogP contribution in [0.4, 0.5) is 0 Å². The molecule has 0 radical (unpaired) electrons. The first-order valence-electron chi connectivity index (χ1n) is 7.15. The number of carboxylic acids is 1. The van der Waals surface area contributed by atoms with Crippen molar-refractivity contribution >= 4 is 5.97 Å².